The van der Waals surface area contributed by atoms with Crippen LogP contribution in [-0.4, -0.2) is 55.5 Å². The fourth-order valence-electron chi connectivity index (χ4n) is 4.50. The number of hydrogen-bond acceptors (Lipinski definition) is 5. The Bertz CT molecular complexity index is 1140. The fraction of sp³-hybridized carbons (Fsp3) is 0.565. The number of carbonyl (C=O) groups excluding carboxylic acids is 1. The number of aromatic nitrogens is 1. The van der Waals surface area contributed by atoms with Crippen LogP contribution < -0.4 is 10.7 Å². The third kappa shape index (κ3) is 4.60. The Morgan fingerprint density at radius 3 is 2.56 bits per heavy atom. The van der Waals surface area contributed by atoms with Crippen LogP contribution in [0.15, 0.2) is 34.1 Å². The largest absolute Gasteiger partial charge is 0.376 e. The van der Waals surface area contributed by atoms with E-state index < -0.39 is 21.4 Å². The highest BCUT2D eigenvalue weighted by atomic mass is 32.2. The minimum Gasteiger partial charge on any atom is -0.376 e. The highest BCUT2D eigenvalue weighted by Gasteiger charge is 2.26. The van der Waals surface area contributed by atoms with E-state index in [4.69, 9.17) is 4.74 Å². The minimum atomic E-state index is -3.70. The van der Waals surface area contributed by atoms with Crippen LogP contribution in [0.2, 0.25) is 0 Å². The first-order chi connectivity index (χ1) is 15.4. The molecule has 0 saturated carbocycles. The van der Waals surface area contributed by atoms with E-state index in [2.05, 4.69) is 5.32 Å². The summed E-state index contributed by atoms with van der Waals surface area (Å²) in [5.41, 5.74) is 0.173. The van der Waals surface area contributed by atoms with Crippen molar-refractivity contribution < 1.29 is 17.9 Å². The van der Waals surface area contributed by atoms with Crippen molar-refractivity contribution in [3.8, 4) is 0 Å². The van der Waals surface area contributed by atoms with Gasteiger partial charge in [-0.2, -0.15) is 4.31 Å². The number of benzene rings is 1. The molecule has 0 radical (unpaired) electrons. The molecule has 1 N–H and O–H groups in total. The molecule has 2 fully saturated rings. The van der Waals surface area contributed by atoms with Gasteiger partial charge in [0, 0.05) is 44.4 Å². The lowest BCUT2D eigenvalue weighted by Crippen LogP contribution is -2.35. The van der Waals surface area contributed by atoms with Crippen molar-refractivity contribution in [2.24, 2.45) is 0 Å². The summed E-state index contributed by atoms with van der Waals surface area (Å²) in [4.78, 5) is 26.1. The van der Waals surface area contributed by atoms with Gasteiger partial charge in [-0.15, -0.1) is 0 Å². The van der Waals surface area contributed by atoms with Crippen molar-refractivity contribution in [1.82, 2.24) is 14.2 Å². The van der Waals surface area contributed by atoms with Gasteiger partial charge in [-0.3, -0.25) is 9.59 Å². The van der Waals surface area contributed by atoms with E-state index in [0.29, 0.717) is 38.3 Å². The molecule has 3 heterocycles. The molecule has 2 aliphatic rings. The van der Waals surface area contributed by atoms with Crippen LogP contribution >= 0.6 is 0 Å². The fourth-order valence-corrected chi connectivity index (χ4v) is 6.04. The molecule has 2 saturated heterocycles. The van der Waals surface area contributed by atoms with E-state index in [-0.39, 0.29) is 21.9 Å². The highest BCUT2D eigenvalue weighted by Crippen LogP contribution is 2.23. The molecule has 32 heavy (non-hydrogen) atoms. The van der Waals surface area contributed by atoms with Gasteiger partial charge in [-0.05, 0) is 50.8 Å². The van der Waals surface area contributed by atoms with Crippen LogP contribution in [0.5, 0.6) is 0 Å². The van der Waals surface area contributed by atoms with Crippen molar-refractivity contribution in [3.05, 3.63) is 40.2 Å². The topological polar surface area (TPSA) is 97.7 Å². The van der Waals surface area contributed by atoms with Crippen molar-refractivity contribution >= 4 is 26.8 Å². The summed E-state index contributed by atoms with van der Waals surface area (Å²) in [6.07, 6.45) is 7.10. The summed E-state index contributed by atoms with van der Waals surface area (Å²) in [5.74, 6) is -0.463. The van der Waals surface area contributed by atoms with Crippen molar-refractivity contribution in [2.75, 3.05) is 26.2 Å². The lowest BCUT2D eigenvalue weighted by atomic mass is 10.1. The lowest BCUT2D eigenvalue weighted by Gasteiger charge is -2.20. The van der Waals surface area contributed by atoms with Crippen LogP contribution in [-0.2, 0) is 21.3 Å². The Kier molecular flexibility index (Phi) is 6.97. The van der Waals surface area contributed by atoms with Gasteiger partial charge in [0.2, 0.25) is 15.5 Å². The number of nitrogens with one attached hydrogen (secondary N) is 1. The second-order valence-electron chi connectivity index (χ2n) is 8.50. The molecule has 9 heteroatoms. The Morgan fingerprint density at radius 1 is 1.16 bits per heavy atom. The second-order valence-corrected chi connectivity index (χ2v) is 10.4. The van der Waals surface area contributed by atoms with Crippen LogP contribution in [0.1, 0.15) is 55.8 Å². The zero-order chi connectivity index (χ0) is 22.7. The number of fused-ring (bicyclic) bond motifs is 1. The first kappa shape index (κ1) is 22.9. The predicted molar refractivity (Wildman–Crippen MR) is 122 cm³/mol. The summed E-state index contributed by atoms with van der Waals surface area (Å²) in [6.45, 7) is 4.48. The molecule has 0 spiro atoms. The number of carbonyl (C=O) groups is 1. The quantitative estimate of drug-likeness (QED) is 0.713. The van der Waals surface area contributed by atoms with E-state index in [1.54, 1.807) is 22.9 Å². The minimum absolute atomic E-state index is 0.0154. The molecule has 1 amide bonds. The summed E-state index contributed by atoms with van der Waals surface area (Å²) < 4.78 is 35.3. The number of sulfonamides is 1. The number of hydrogen-bond donors (Lipinski definition) is 1. The van der Waals surface area contributed by atoms with Crippen molar-refractivity contribution in [3.63, 3.8) is 0 Å². The highest BCUT2D eigenvalue weighted by molar-refractivity contribution is 7.89. The zero-order valence-electron chi connectivity index (χ0n) is 18.5. The van der Waals surface area contributed by atoms with Gasteiger partial charge < -0.3 is 14.6 Å². The smallest absolute Gasteiger partial charge is 0.256 e. The van der Waals surface area contributed by atoms with Crippen molar-refractivity contribution in [2.45, 2.75) is 63.0 Å². The first-order valence-corrected chi connectivity index (χ1v) is 12.9. The summed E-state index contributed by atoms with van der Waals surface area (Å²) >= 11 is 0. The van der Waals surface area contributed by atoms with Crippen molar-refractivity contribution in [1.29, 1.82) is 0 Å². The van der Waals surface area contributed by atoms with Gasteiger partial charge in [-0.1, -0.05) is 12.8 Å². The molecule has 8 nitrogen and oxygen atoms in total. The van der Waals surface area contributed by atoms with Gasteiger partial charge >= 0.3 is 0 Å². The predicted octanol–water partition coefficient (Wildman–Crippen LogP) is 2.49. The van der Waals surface area contributed by atoms with Gasteiger partial charge in [0.1, 0.15) is 5.56 Å². The van der Waals surface area contributed by atoms with Gasteiger partial charge in [0.25, 0.3) is 5.91 Å². The molecule has 2 aromatic rings. The van der Waals surface area contributed by atoms with E-state index in [0.717, 1.165) is 38.5 Å². The number of aryl methyl sites for hydroxylation is 1. The number of rotatable bonds is 6. The molecule has 1 aromatic heterocycles. The lowest BCUT2D eigenvalue weighted by molar-refractivity contribution is 0.0856. The van der Waals surface area contributed by atoms with E-state index >= 15 is 0 Å². The summed E-state index contributed by atoms with van der Waals surface area (Å²) in [5, 5.41) is 3.04. The number of pyridine rings is 1. The zero-order valence-corrected chi connectivity index (χ0v) is 19.3. The molecular weight excluding hydrogens is 430 g/mol. The SMILES string of the molecule is CCn1cc(C(=O)NC[C@@H]2CCCO2)c(=O)c2cc(S(=O)(=O)N3CCCCCC3)ccc21. The molecule has 2 aliphatic heterocycles. The van der Waals surface area contributed by atoms with Gasteiger partial charge in [0.05, 0.1) is 16.5 Å². The summed E-state index contributed by atoms with van der Waals surface area (Å²) in [6, 6.07) is 4.66. The van der Waals surface area contributed by atoms with Crippen LogP contribution in [0, 0.1) is 0 Å². The third-order valence-electron chi connectivity index (χ3n) is 6.35. The molecule has 1 aromatic carbocycles. The molecule has 0 unspecified atom stereocenters. The molecule has 0 aliphatic carbocycles. The van der Waals surface area contributed by atoms with Crippen LogP contribution in [0.3, 0.4) is 0 Å². The average molecular weight is 462 g/mol. The Morgan fingerprint density at radius 2 is 1.91 bits per heavy atom. The normalized spacial score (nSPS) is 20.3. The van der Waals surface area contributed by atoms with Gasteiger partial charge in [-0.25, -0.2) is 8.42 Å². The van der Waals surface area contributed by atoms with Crippen LogP contribution in [0.25, 0.3) is 10.9 Å². The second kappa shape index (κ2) is 9.72. The number of amides is 1. The van der Waals surface area contributed by atoms with E-state index in [9.17, 15) is 18.0 Å². The average Bonchev–Trinajstić information content (AvgIpc) is 3.16. The van der Waals surface area contributed by atoms with E-state index in [1.807, 2.05) is 6.92 Å². The van der Waals surface area contributed by atoms with Gasteiger partial charge in [0.15, 0.2) is 0 Å². The molecule has 1 atom stereocenters. The molecule has 174 valence electrons. The standard InChI is InChI=1S/C23H31N3O5S/c1-2-25-16-20(23(28)24-15-17-8-7-13-31-17)22(27)19-14-18(9-10-21(19)25)32(29,30)26-11-5-3-4-6-12-26/h9-10,14,16-17H,2-8,11-13,15H2,1H3,(H,24,28)/t17-/m0/s1. The Balaban J connectivity index is 1.70. The Hall–Kier alpha value is -2.23. The monoisotopic (exact) mass is 461 g/mol. The molecule has 4 rings (SSSR count). The number of nitrogens with zero attached hydrogens (tertiary/aromatic N) is 2. The maximum Gasteiger partial charge on any atom is 0.256 e. The maximum absolute atomic E-state index is 13.2. The number of ether oxygens (including phenoxy) is 1. The first-order valence-electron chi connectivity index (χ1n) is 11.5. The third-order valence-corrected chi connectivity index (χ3v) is 8.25. The molecular formula is C23H31N3O5S. The molecule has 0 bridgehead atoms. The van der Waals surface area contributed by atoms with E-state index in [1.165, 1.54) is 10.4 Å². The maximum atomic E-state index is 13.2. The van der Waals surface area contributed by atoms with Crippen LogP contribution in [0.4, 0.5) is 0 Å². The summed E-state index contributed by atoms with van der Waals surface area (Å²) in [7, 11) is -3.70. The Labute approximate surface area is 188 Å².